The molecule has 0 radical (unpaired) electrons. The van der Waals surface area contributed by atoms with E-state index in [1.807, 2.05) is 13.0 Å². The Morgan fingerprint density at radius 2 is 1.83 bits per heavy atom. The zero-order valence-corrected chi connectivity index (χ0v) is 20.3. The van der Waals surface area contributed by atoms with E-state index in [2.05, 4.69) is 9.97 Å². The van der Waals surface area contributed by atoms with Gasteiger partial charge in [-0.1, -0.05) is 19.9 Å². The van der Waals surface area contributed by atoms with Crippen LogP contribution in [0.4, 0.5) is 0 Å². The molecule has 4 aromatic rings. The Morgan fingerprint density at radius 3 is 2.54 bits per heavy atom. The Hall–Kier alpha value is -3.83. The summed E-state index contributed by atoms with van der Waals surface area (Å²) >= 11 is 0. The van der Waals surface area contributed by atoms with Crippen LogP contribution in [0.1, 0.15) is 35.5 Å². The number of sulfonamides is 1. The number of rotatable bonds is 7. The van der Waals surface area contributed by atoms with E-state index in [-0.39, 0.29) is 46.8 Å². The second-order valence-corrected chi connectivity index (χ2v) is 9.88. The molecule has 0 spiro atoms. The molecule has 0 unspecified atom stereocenters. The lowest BCUT2D eigenvalue weighted by Crippen LogP contribution is -2.30. The van der Waals surface area contributed by atoms with Crippen LogP contribution in [0.15, 0.2) is 63.1 Å². The van der Waals surface area contributed by atoms with Crippen molar-refractivity contribution in [3.63, 3.8) is 0 Å². The highest BCUT2D eigenvalue weighted by Crippen LogP contribution is 2.23. The number of ether oxygens (including phenoxy) is 1. The second-order valence-electron chi connectivity index (χ2n) is 7.94. The van der Waals surface area contributed by atoms with Crippen LogP contribution in [0.5, 0.6) is 0 Å². The first kappa shape index (κ1) is 24.3. The van der Waals surface area contributed by atoms with Crippen LogP contribution in [0.25, 0.3) is 16.6 Å². The van der Waals surface area contributed by atoms with Gasteiger partial charge in [-0.25, -0.2) is 18.2 Å². The molecule has 0 aliphatic heterocycles. The van der Waals surface area contributed by atoms with Crippen molar-refractivity contribution in [3.8, 4) is 0 Å². The minimum atomic E-state index is -3.79. The maximum atomic E-state index is 13.0. The molecule has 10 nitrogen and oxygen atoms in total. The fourth-order valence-electron chi connectivity index (χ4n) is 3.82. The van der Waals surface area contributed by atoms with Crippen LogP contribution in [-0.4, -0.2) is 46.2 Å². The Morgan fingerprint density at radius 1 is 1.09 bits per heavy atom. The van der Waals surface area contributed by atoms with Crippen LogP contribution in [0, 0.1) is 6.92 Å². The Labute approximate surface area is 200 Å². The maximum absolute atomic E-state index is 13.0. The molecule has 4 rings (SSSR count). The number of pyridine rings is 2. The molecule has 0 amide bonds. The number of H-pyrrole nitrogens is 1. The molecular formula is C24H24N4O6S. The topological polar surface area (TPSA) is 131 Å². The summed E-state index contributed by atoms with van der Waals surface area (Å²) in [4.78, 5) is 44.4. The number of hydrogen-bond donors (Lipinski definition) is 1. The Kier molecular flexibility index (Phi) is 6.55. The van der Waals surface area contributed by atoms with Gasteiger partial charge in [-0.15, -0.1) is 0 Å². The van der Waals surface area contributed by atoms with Crippen molar-refractivity contribution in [1.82, 2.24) is 18.7 Å². The largest absolute Gasteiger partial charge is 0.456 e. The third-order valence-electron chi connectivity index (χ3n) is 5.59. The average Bonchev–Trinajstić information content (AvgIpc) is 2.82. The number of hydrogen-bond acceptors (Lipinski definition) is 7. The summed E-state index contributed by atoms with van der Waals surface area (Å²) in [7, 11) is -3.79. The Bertz CT molecular complexity index is 1670. The van der Waals surface area contributed by atoms with E-state index in [1.54, 1.807) is 26.1 Å². The highest BCUT2D eigenvalue weighted by molar-refractivity contribution is 7.89. The first-order chi connectivity index (χ1) is 16.6. The summed E-state index contributed by atoms with van der Waals surface area (Å²) in [6, 6.07) is 9.99. The van der Waals surface area contributed by atoms with Crippen LogP contribution in [0.2, 0.25) is 0 Å². The zero-order valence-electron chi connectivity index (χ0n) is 19.4. The number of carbonyl (C=O) groups is 1. The summed E-state index contributed by atoms with van der Waals surface area (Å²) < 4.78 is 34.0. The summed E-state index contributed by atoms with van der Waals surface area (Å²) in [5.74, 6) is -0.843. The van der Waals surface area contributed by atoms with Gasteiger partial charge in [0.05, 0.1) is 16.2 Å². The minimum Gasteiger partial charge on any atom is -0.456 e. The fourth-order valence-corrected chi connectivity index (χ4v) is 5.31. The first-order valence-corrected chi connectivity index (χ1v) is 12.4. The van der Waals surface area contributed by atoms with Gasteiger partial charge in [0.25, 0.3) is 5.56 Å². The number of fused-ring (bicyclic) bond motifs is 2. The van der Waals surface area contributed by atoms with Gasteiger partial charge in [-0.05, 0) is 36.8 Å². The Balaban J connectivity index is 1.69. The van der Waals surface area contributed by atoms with Crippen molar-refractivity contribution < 1.29 is 17.9 Å². The van der Waals surface area contributed by atoms with Crippen molar-refractivity contribution in [2.75, 3.05) is 13.1 Å². The molecule has 3 heterocycles. The molecule has 1 N–H and O–H groups in total. The van der Waals surface area contributed by atoms with Crippen LogP contribution in [-0.2, 0) is 21.4 Å². The molecule has 0 bridgehead atoms. The van der Waals surface area contributed by atoms with Gasteiger partial charge in [0, 0.05) is 42.3 Å². The van der Waals surface area contributed by atoms with Gasteiger partial charge in [0.2, 0.25) is 15.6 Å². The molecule has 11 heteroatoms. The highest BCUT2D eigenvalue weighted by Gasteiger charge is 2.23. The smallest absolute Gasteiger partial charge is 0.339 e. The van der Waals surface area contributed by atoms with Crippen molar-refractivity contribution in [3.05, 3.63) is 86.2 Å². The number of aromatic amines is 1. The van der Waals surface area contributed by atoms with E-state index in [4.69, 9.17) is 4.74 Å². The minimum absolute atomic E-state index is 0.00527. The third-order valence-corrected chi connectivity index (χ3v) is 7.64. The molecule has 0 atom stereocenters. The molecule has 0 saturated heterocycles. The first-order valence-electron chi connectivity index (χ1n) is 11.0. The molecular weight excluding hydrogens is 472 g/mol. The predicted molar refractivity (Wildman–Crippen MR) is 130 cm³/mol. The van der Waals surface area contributed by atoms with E-state index < -0.39 is 21.6 Å². The molecule has 1 aromatic carbocycles. The van der Waals surface area contributed by atoms with Crippen molar-refractivity contribution in [2.24, 2.45) is 0 Å². The number of esters is 1. The lowest BCUT2D eigenvalue weighted by Gasteiger charge is -2.18. The number of benzene rings is 1. The van der Waals surface area contributed by atoms with Crippen LogP contribution in [0.3, 0.4) is 0 Å². The van der Waals surface area contributed by atoms with Crippen molar-refractivity contribution in [2.45, 2.75) is 32.3 Å². The van der Waals surface area contributed by atoms with E-state index in [9.17, 15) is 22.8 Å². The lowest BCUT2D eigenvalue weighted by molar-refractivity contribution is 0.0470. The third kappa shape index (κ3) is 4.73. The van der Waals surface area contributed by atoms with Crippen molar-refractivity contribution >= 4 is 32.5 Å². The predicted octanol–water partition coefficient (Wildman–Crippen LogP) is 2.23. The fraction of sp³-hybridized carbons (Fsp3) is 0.250. The number of nitrogens with one attached hydrogen (secondary N) is 1. The standard InChI is InChI=1S/C24H24N4O6S/c1-4-27(5-2)35(32,33)17-7-8-20-18(11-17)19(12-22(29)26-20)24(31)34-14-16-10-23(30)28-13-15(3)6-9-21(28)25-16/h6-13H,4-5,14H2,1-3H3,(H,26,29). The molecule has 0 aliphatic carbocycles. The normalized spacial score (nSPS) is 11.9. The van der Waals surface area contributed by atoms with Gasteiger partial charge >= 0.3 is 5.97 Å². The van der Waals surface area contributed by atoms with Crippen LogP contribution >= 0.6 is 0 Å². The maximum Gasteiger partial charge on any atom is 0.339 e. The summed E-state index contributed by atoms with van der Waals surface area (Å²) in [5, 5.41) is 0.227. The summed E-state index contributed by atoms with van der Waals surface area (Å²) in [6.07, 6.45) is 1.66. The SMILES string of the molecule is CCN(CC)S(=O)(=O)c1ccc2[nH]c(=O)cc(C(=O)OCc3cc(=O)n4cc(C)ccc4n3)c2c1. The molecule has 3 aromatic heterocycles. The highest BCUT2D eigenvalue weighted by atomic mass is 32.2. The number of nitrogens with zero attached hydrogens (tertiary/aromatic N) is 3. The van der Waals surface area contributed by atoms with Gasteiger partial charge in [0.1, 0.15) is 12.3 Å². The van der Waals surface area contributed by atoms with Gasteiger partial charge < -0.3 is 9.72 Å². The second kappa shape index (κ2) is 9.43. The summed E-state index contributed by atoms with van der Waals surface area (Å²) in [5.41, 5.74) is 0.880. The summed E-state index contributed by atoms with van der Waals surface area (Å²) in [6.45, 7) is 5.59. The molecule has 35 heavy (non-hydrogen) atoms. The molecule has 182 valence electrons. The van der Waals surface area contributed by atoms with Gasteiger partial charge in [-0.2, -0.15) is 4.31 Å². The zero-order chi connectivity index (χ0) is 25.3. The van der Waals surface area contributed by atoms with Crippen LogP contribution < -0.4 is 11.1 Å². The number of aryl methyl sites for hydroxylation is 1. The molecule has 0 fully saturated rings. The molecule has 0 aliphatic rings. The average molecular weight is 497 g/mol. The van der Waals surface area contributed by atoms with Gasteiger partial charge in [0.15, 0.2) is 0 Å². The van der Waals surface area contributed by atoms with E-state index >= 15 is 0 Å². The van der Waals surface area contributed by atoms with Gasteiger partial charge in [-0.3, -0.25) is 14.0 Å². The number of aromatic nitrogens is 3. The van der Waals surface area contributed by atoms with E-state index in [1.165, 1.54) is 33.0 Å². The molecule has 0 saturated carbocycles. The van der Waals surface area contributed by atoms with E-state index in [0.29, 0.717) is 11.2 Å². The monoisotopic (exact) mass is 496 g/mol. The quantitative estimate of drug-likeness (QED) is 0.388. The number of carbonyl (C=O) groups excluding carboxylic acids is 1. The van der Waals surface area contributed by atoms with E-state index in [0.717, 1.165) is 11.6 Å². The van der Waals surface area contributed by atoms with Crippen molar-refractivity contribution in [1.29, 1.82) is 0 Å². The lowest BCUT2D eigenvalue weighted by atomic mass is 10.1.